The Morgan fingerprint density at radius 3 is 2.44 bits per heavy atom. The Bertz CT molecular complexity index is 678. The molecule has 90 valence electrons. The smallest absolute Gasteiger partial charge is 1.00 e. The molecule has 0 aliphatic heterocycles. The van der Waals surface area contributed by atoms with Crippen LogP contribution in [0.25, 0.3) is 10.8 Å². The maximum absolute atomic E-state index is 12.0. The van der Waals surface area contributed by atoms with Crippen molar-refractivity contribution in [3.05, 3.63) is 54.8 Å². The van der Waals surface area contributed by atoms with E-state index in [1.54, 1.807) is 18.2 Å². The summed E-state index contributed by atoms with van der Waals surface area (Å²) < 4.78 is 28.8. The van der Waals surface area contributed by atoms with E-state index in [-0.39, 0.29) is 70.3 Å². The van der Waals surface area contributed by atoms with Crippen LogP contribution in [0.15, 0.2) is 59.7 Å². The maximum atomic E-state index is 12.0. The van der Waals surface area contributed by atoms with Crippen molar-refractivity contribution in [2.24, 2.45) is 0 Å². The Balaban J connectivity index is 0.00000162. The molecule has 0 aromatic heterocycles. The summed E-state index contributed by atoms with van der Waals surface area (Å²) in [5.41, 5.74) is 0. The molecule has 0 bridgehead atoms. The number of rotatable bonds is 3. The summed E-state index contributed by atoms with van der Waals surface area (Å²) >= 11 is 0. The van der Waals surface area contributed by atoms with E-state index in [9.17, 15) is 8.42 Å². The second-order valence-corrected chi connectivity index (χ2v) is 5.23. The van der Waals surface area contributed by atoms with E-state index >= 15 is 0 Å². The zero-order valence-corrected chi connectivity index (χ0v) is 16.1. The molecular weight excluding hydrogens is 322 g/mol. The minimum absolute atomic E-state index is 0. The topological polar surface area (TPSA) is 43.4 Å². The van der Waals surface area contributed by atoms with Crippen molar-refractivity contribution in [3.8, 4) is 0 Å². The van der Waals surface area contributed by atoms with Gasteiger partial charge in [-0.3, -0.25) is 0 Å². The average molecular weight is 335 g/mol. The van der Waals surface area contributed by atoms with Gasteiger partial charge in [0, 0.05) is 5.39 Å². The zero-order valence-electron chi connectivity index (χ0n) is 11.4. The monoisotopic (exact) mass is 334 g/mol. The van der Waals surface area contributed by atoms with Gasteiger partial charge in [-0.2, -0.15) is 8.42 Å². The summed E-state index contributed by atoms with van der Waals surface area (Å²) in [6.07, 6.45) is 0. The van der Waals surface area contributed by atoms with E-state index in [1.807, 2.05) is 18.2 Å². The summed E-state index contributed by atoms with van der Waals surface area (Å²) in [6.45, 7) is 4.95. The summed E-state index contributed by atoms with van der Waals surface area (Å²) in [4.78, 5) is 0.165. The Hall–Kier alpha value is -0.00481. The molecule has 0 heterocycles. The molecule has 18 heavy (non-hydrogen) atoms. The molecule has 2 aromatic rings. The Morgan fingerprint density at radius 2 is 1.78 bits per heavy atom. The molecule has 0 saturated heterocycles. The van der Waals surface area contributed by atoms with Gasteiger partial charge >= 0.3 is 68.3 Å². The SMILES string of the molecule is C=C(C)OS(=O)(=O)c1cccc2ccccc12.[H-].[Rb+]. The van der Waals surface area contributed by atoms with Crippen molar-refractivity contribution in [1.82, 2.24) is 0 Å². The number of hydrogen-bond donors (Lipinski definition) is 0. The van der Waals surface area contributed by atoms with Gasteiger partial charge in [-0.05, 0) is 18.4 Å². The molecular formula is C13H13O3RbS. The van der Waals surface area contributed by atoms with Crippen LogP contribution in [0.4, 0.5) is 0 Å². The van der Waals surface area contributed by atoms with Gasteiger partial charge in [0.25, 0.3) is 0 Å². The van der Waals surface area contributed by atoms with Crippen LogP contribution in [0, 0.1) is 0 Å². The van der Waals surface area contributed by atoms with Crippen molar-refractivity contribution in [2.75, 3.05) is 0 Å². The van der Waals surface area contributed by atoms with Crippen LogP contribution in [-0.4, -0.2) is 8.42 Å². The van der Waals surface area contributed by atoms with Crippen molar-refractivity contribution in [3.63, 3.8) is 0 Å². The summed E-state index contributed by atoms with van der Waals surface area (Å²) in [5, 5.41) is 1.51. The van der Waals surface area contributed by atoms with Crippen LogP contribution in [0.5, 0.6) is 0 Å². The van der Waals surface area contributed by atoms with Gasteiger partial charge in [-0.15, -0.1) is 0 Å². The zero-order chi connectivity index (χ0) is 12.5. The van der Waals surface area contributed by atoms with Gasteiger partial charge < -0.3 is 5.61 Å². The van der Waals surface area contributed by atoms with Crippen LogP contribution in [0.2, 0.25) is 0 Å². The van der Waals surface area contributed by atoms with E-state index < -0.39 is 10.1 Å². The van der Waals surface area contributed by atoms with Crippen molar-refractivity contribution in [1.29, 1.82) is 0 Å². The van der Waals surface area contributed by atoms with E-state index in [2.05, 4.69) is 6.58 Å². The fraction of sp³-hybridized carbons (Fsp3) is 0.0769. The molecule has 0 aliphatic rings. The summed E-state index contributed by atoms with van der Waals surface area (Å²) in [7, 11) is -3.79. The normalized spacial score (nSPS) is 10.7. The second-order valence-electron chi connectivity index (χ2n) is 3.72. The molecule has 3 nitrogen and oxygen atoms in total. The molecule has 0 aliphatic carbocycles. The van der Waals surface area contributed by atoms with Crippen LogP contribution >= 0.6 is 0 Å². The molecule has 2 aromatic carbocycles. The first-order valence-electron chi connectivity index (χ1n) is 5.08. The minimum Gasteiger partial charge on any atom is -1.00 e. The summed E-state index contributed by atoms with van der Waals surface area (Å²) in [5.74, 6) is 0.151. The number of hydrogen-bond acceptors (Lipinski definition) is 3. The van der Waals surface area contributed by atoms with Crippen molar-refractivity contribution >= 4 is 20.9 Å². The Kier molecular flexibility index (Phi) is 5.74. The van der Waals surface area contributed by atoms with Crippen LogP contribution < -0.4 is 58.2 Å². The summed E-state index contributed by atoms with van der Waals surface area (Å²) in [6, 6.07) is 12.3. The van der Waals surface area contributed by atoms with E-state index in [4.69, 9.17) is 4.18 Å². The fourth-order valence-corrected chi connectivity index (χ4v) is 2.81. The van der Waals surface area contributed by atoms with Gasteiger partial charge in [0.2, 0.25) is 0 Å². The first-order chi connectivity index (χ1) is 8.00. The van der Waals surface area contributed by atoms with E-state index in [0.29, 0.717) is 5.39 Å². The molecule has 0 atom stereocenters. The maximum Gasteiger partial charge on any atom is 1.00 e. The third-order valence-electron chi connectivity index (χ3n) is 2.27. The molecule has 0 saturated carbocycles. The predicted molar refractivity (Wildman–Crippen MR) is 68.1 cm³/mol. The van der Waals surface area contributed by atoms with Gasteiger partial charge in [0.1, 0.15) is 10.7 Å². The largest absolute Gasteiger partial charge is 1.00 e. The molecule has 0 spiro atoms. The number of allylic oxidation sites excluding steroid dienone is 1. The average Bonchev–Trinajstić information content (AvgIpc) is 2.26. The van der Waals surface area contributed by atoms with Crippen LogP contribution in [0.1, 0.15) is 8.35 Å². The molecule has 0 unspecified atom stereocenters. The quantitative estimate of drug-likeness (QED) is 0.595. The van der Waals surface area contributed by atoms with Gasteiger partial charge in [0.15, 0.2) is 0 Å². The van der Waals surface area contributed by atoms with Crippen molar-refractivity contribution < 1.29 is 72.2 Å². The number of fused-ring (bicyclic) bond motifs is 1. The molecule has 0 amide bonds. The molecule has 5 heteroatoms. The van der Waals surface area contributed by atoms with E-state index in [0.717, 1.165) is 5.39 Å². The predicted octanol–water partition coefficient (Wildman–Crippen LogP) is 0.195. The third-order valence-corrected chi connectivity index (χ3v) is 3.67. The van der Waals surface area contributed by atoms with Crippen LogP contribution in [-0.2, 0) is 14.3 Å². The molecule has 0 radical (unpaired) electrons. The standard InChI is InChI=1S/C13H12O3S.Rb.H/c1-10(2)16-17(14,15)13-9-5-7-11-6-3-4-8-12(11)13;;/h3-9H,1H2,2H3;;/q;+1;-1. The molecule has 0 fully saturated rings. The minimum atomic E-state index is -3.79. The molecule has 0 N–H and O–H groups in total. The Morgan fingerprint density at radius 1 is 1.17 bits per heavy atom. The van der Waals surface area contributed by atoms with Crippen molar-refractivity contribution in [2.45, 2.75) is 11.8 Å². The Labute approximate surface area is 157 Å². The van der Waals surface area contributed by atoms with Crippen LogP contribution in [0.3, 0.4) is 0 Å². The fourth-order valence-electron chi connectivity index (χ4n) is 1.65. The van der Waals surface area contributed by atoms with E-state index in [1.165, 1.54) is 13.0 Å². The first kappa shape index (κ1) is 16.1. The second kappa shape index (κ2) is 6.43. The number of benzene rings is 2. The van der Waals surface area contributed by atoms with Gasteiger partial charge in [-0.25, -0.2) is 0 Å². The molecule has 2 rings (SSSR count). The van der Waals surface area contributed by atoms with Gasteiger partial charge in [0.05, 0.1) is 0 Å². The van der Waals surface area contributed by atoms with Gasteiger partial charge in [-0.1, -0.05) is 43.0 Å². The third kappa shape index (κ3) is 3.51. The first-order valence-corrected chi connectivity index (χ1v) is 6.49.